The molecule has 0 fully saturated rings. The highest BCUT2D eigenvalue weighted by Gasteiger charge is 2.15. The van der Waals surface area contributed by atoms with E-state index >= 15 is 0 Å². The maximum Gasteiger partial charge on any atom is 0.330 e. The number of methoxy groups -OCH3 is 1. The predicted octanol–water partition coefficient (Wildman–Crippen LogP) is 1.81. The lowest BCUT2D eigenvalue weighted by Crippen LogP contribution is -2.20. The third kappa shape index (κ3) is 4.11. The van der Waals surface area contributed by atoms with Crippen molar-refractivity contribution in [2.75, 3.05) is 7.11 Å². The van der Waals surface area contributed by atoms with Crippen molar-refractivity contribution in [2.45, 2.75) is 39.2 Å². The van der Waals surface area contributed by atoms with Crippen LogP contribution in [0.25, 0.3) is 0 Å². The van der Waals surface area contributed by atoms with Crippen molar-refractivity contribution in [3.05, 3.63) is 0 Å². The molecule has 0 aliphatic heterocycles. The Labute approximate surface area is 73.8 Å². The van der Waals surface area contributed by atoms with Crippen molar-refractivity contribution in [3.63, 3.8) is 0 Å². The standard InChI is InChI=1S/C9H17NO2/c1-4-6-7-8(10-5-2)9(11)12-3/h5,8H,4,6-7H2,1-3H3. The molecule has 0 aromatic carbocycles. The number of hydrogen-bond donors (Lipinski definition) is 0. The van der Waals surface area contributed by atoms with Gasteiger partial charge < -0.3 is 4.74 Å². The highest BCUT2D eigenvalue weighted by atomic mass is 16.5. The second-order valence-electron chi connectivity index (χ2n) is 2.59. The Balaban J connectivity index is 3.94. The van der Waals surface area contributed by atoms with Crippen LogP contribution in [0.15, 0.2) is 4.99 Å². The number of rotatable bonds is 5. The van der Waals surface area contributed by atoms with Crippen molar-refractivity contribution in [1.29, 1.82) is 0 Å². The molecule has 0 heterocycles. The fourth-order valence-corrected chi connectivity index (χ4v) is 0.967. The zero-order chi connectivity index (χ0) is 9.40. The molecule has 0 amide bonds. The highest BCUT2D eigenvalue weighted by Crippen LogP contribution is 2.05. The van der Waals surface area contributed by atoms with E-state index in [9.17, 15) is 4.79 Å². The van der Waals surface area contributed by atoms with Gasteiger partial charge in [0.2, 0.25) is 0 Å². The molecule has 0 aromatic heterocycles. The van der Waals surface area contributed by atoms with E-state index in [4.69, 9.17) is 0 Å². The summed E-state index contributed by atoms with van der Waals surface area (Å²) in [5.74, 6) is -0.235. The summed E-state index contributed by atoms with van der Waals surface area (Å²) in [7, 11) is 1.40. The molecule has 3 heteroatoms. The Kier molecular flexibility index (Phi) is 6.34. The normalized spacial score (nSPS) is 13.2. The van der Waals surface area contributed by atoms with Gasteiger partial charge in [0.1, 0.15) is 6.04 Å². The van der Waals surface area contributed by atoms with E-state index in [2.05, 4.69) is 16.7 Å². The number of ether oxygens (including phenoxy) is 1. The summed E-state index contributed by atoms with van der Waals surface area (Å²) in [4.78, 5) is 15.1. The molecular weight excluding hydrogens is 154 g/mol. The van der Waals surface area contributed by atoms with Gasteiger partial charge in [0.05, 0.1) is 7.11 Å². The lowest BCUT2D eigenvalue weighted by atomic mass is 10.1. The van der Waals surface area contributed by atoms with Gasteiger partial charge >= 0.3 is 5.97 Å². The van der Waals surface area contributed by atoms with Gasteiger partial charge in [-0.1, -0.05) is 19.8 Å². The molecule has 0 radical (unpaired) electrons. The van der Waals surface area contributed by atoms with Crippen molar-refractivity contribution < 1.29 is 9.53 Å². The number of carbonyl (C=O) groups excluding carboxylic acids is 1. The first kappa shape index (κ1) is 11.1. The fraction of sp³-hybridized carbons (Fsp3) is 0.778. The van der Waals surface area contributed by atoms with Crippen LogP contribution in [0.1, 0.15) is 33.1 Å². The zero-order valence-electron chi connectivity index (χ0n) is 8.04. The Bertz CT molecular complexity index is 155. The van der Waals surface area contributed by atoms with Crippen LogP contribution >= 0.6 is 0 Å². The van der Waals surface area contributed by atoms with Gasteiger partial charge in [0.15, 0.2) is 0 Å². The van der Waals surface area contributed by atoms with Crippen LogP contribution in [-0.2, 0) is 9.53 Å². The van der Waals surface area contributed by atoms with Crippen LogP contribution in [0.2, 0.25) is 0 Å². The molecule has 12 heavy (non-hydrogen) atoms. The highest BCUT2D eigenvalue weighted by molar-refractivity contribution is 5.77. The van der Waals surface area contributed by atoms with Gasteiger partial charge in [-0.3, -0.25) is 4.99 Å². The summed E-state index contributed by atoms with van der Waals surface area (Å²) in [5, 5.41) is 0. The molecule has 0 aromatic rings. The van der Waals surface area contributed by atoms with Crippen LogP contribution in [0.3, 0.4) is 0 Å². The summed E-state index contributed by atoms with van der Waals surface area (Å²) >= 11 is 0. The fourth-order valence-electron chi connectivity index (χ4n) is 0.967. The van der Waals surface area contributed by atoms with Crippen LogP contribution < -0.4 is 0 Å². The molecule has 3 nitrogen and oxygen atoms in total. The Morgan fingerprint density at radius 2 is 2.33 bits per heavy atom. The average molecular weight is 171 g/mol. The molecule has 0 N–H and O–H groups in total. The molecular formula is C9H17NO2. The first-order chi connectivity index (χ1) is 5.76. The topological polar surface area (TPSA) is 38.7 Å². The second kappa shape index (κ2) is 6.83. The lowest BCUT2D eigenvalue weighted by Gasteiger charge is -2.08. The monoisotopic (exact) mass is 171 g/mol. The summed E-state index contributed by atoms with van der Waals surface area (Å²) in [6, 6.07) is -0.292. The number of carbonyl (C=O) groups is 1. The Morgan fingerprint density at radius 1 is 1.67 bits per heavy atom. The SMILES string of the molecule is CC=NC(CCCC)C(=O)OC. The maximum absolute atomic E-state index is 11.1. The minimum absolute atomic E-state index is 0.235. The third-order valence-electron chi connectivity index (χ3n) is 1.63. The first-order valence-corrected chi connectivity index (χ1v) is 4.31. The summed E-state index contributed by atoms with van der Waals surface area (Å²) in [5.41, 5.74) is 0. The van der Waals surface area contributed by atoms with Gasteiger partial charge in [0.25, 0.3) is 0 Å². The van der Waals surface area contributed by atoms with Gasteiger partial charge in [0, 0.05) is 0 Å². The first-order valence-electron chi connectivity index (χ1n) is 4.31. The number of hydrogen-bond acceptors (Lipinski definition) is 3. The lowest BCUT2D eigenvalue weighted by molar-refractivity contribution is -0.142. The molecule has 70 valence electrons. The number of unbranched alkanes of at least 4 members (excludes halogenated alkanes) is 1. The zero-order valence-corrected chi connectivity index (χ0v) is 8.04. The van der Waals surface area contributed by atoms with Crippen molar-refractivity contribution in [3.8, 4) is 0 Å². The van der Waals surface area contributed by atoms with Gasteiger partial charge in [-0.05, 0) is 19.6 Å². The quantitative estimate of drug-likeness (QED) is 0.467. The largest absolute Gasteiger partial charge is 0.467 e. The third-order valence-corrected chi connectivity index (χ3v) is 1.63. The molecule has 0 aliphatic carbocycles. The van der Waals surface area contributed by atoms with Crippen LogP contribution in [0.4, 0.5) is 0 Å². The van der Waals surface area contributed by atoms with Gasteiger partial charge in [-0.2, -0.15) is 0 Å². The molecule has 0 saturated heterocycles. The van der Waals surface area contributed by atoms with E-state index in [1.165, 1.54) is 7.11 Å². The Morgan fingerprint density at radius 3 is 2.75 bits per heavy atom. The van der Waals surface area contributed by atoms with E-state index in [-0.39, 0.29) is 12.0 Å². The minimum atomic E-state index is -0.292. The van der Waals surface area contributed by atoms with Crippen LogP contribution in [0.5, 0.6) is 0 Å². The number of esters is 1. The second-order valence-corrected chi connectivity index (χ2v) is 2.59. The van der Waals surface area contributed by atoms with Gasteiger partial charge in [-0.25, -0.2) is 4.79 Å². The van der Waals surface area contributed by atoms with E-state index in [1.807, 2.05) is 6.92 Å². The molecule has 1 unspecified atom stereocenters. The average Bonchev–Trinajstić information content (AvgIpc) is 2.11. The molecule has 0 saturated carbocycles. The van der Waals surface area contributed by atoms with E-state index in [0.717, 1.165) is 19.3 Å². The molecule has 0 spiro atoms. The molecule has 1 atom stereocenters. The molecule has 0 bridgehead atoms. The van der Waals surface area contributed by atoms with Crippen molar-refractivity contribution in [2.24, 2.45) is 4.99 Å². The summed E-state index contributed by atoms with van der Waals surface area (Å²) in [6.45, 7) is 3.89. The van der Waals surface area contributed by atoms with E-state index in [0.29, 0.717) is 0 Å². The summed E-state index contributed by atoms with van der Waals surface area (Å²) < 4.78 is 4.61. The molecule has 0 aliphatic rings. The minimum Gasteiger partial charge on any atom is -0.467 e. The van der Waals surface area contributed by atoms with Crippen LogP contribution in [0, 0.1) is 0 Å². The van der Waals surface area contributed by atoms with Gasteiger partial charge in [-0.15, -0.1) is 0 Å². The molecule has 0 rings (SSSR count). The van der Waals surface area contributed by atoms with Crippen molar-refractivity contribution in [1.82, 2.24) is 0 Å². The van der Waals surface area contributed by atoms with E-state index in [1.54, 1.807) is 6.21 Å². The smallest absolute Gasteiger partial charge is 0.330 e. The maximum atomic E-state index is 11.1. The predicted molar refractivity (Wildman–Crippen MR) is 49.5 cm³/mol. The Hall–Kier alpha value is -0.860. The number of nitrogens with zero attached hydrogens (tertiary/aromatic N) is 1. The summed E-state index contributed by atoms with van der Waals surface area (Å²) in [6.07, 6.45) is 4.52. The van der Waals surface area contributed by atoms with E-state index < -0.39 is 0 Å². The van der Waals surface area contributed by atoms with Crippen LogP contribution in [-0.4, -0.2) is 25.3 Å². The number of aliphatic imine (C=N–C) groups is 1. The van der Waals surface area contributed by atoms with Crippen molar-refractivity contribution >= 4 is 12.2 Å².